The van der Waals surface area contributed by atoms with Crippen molar-refractivity contribution in [1.82, 2.24) is 15.0 Å². The number of nitrogens with zero attached hydrogens (tertiary/aromatic N) is 3. The number of hydrogen-bond donors (Lipinski definition) is 1. The second kappa shape index (κ2) is 6.49. The first-order valence-electron chi connectivity index (χ1n) is 5.66. The molecule has 2 rings (SSSR count). The van der Waals surface area contributed by atoms with E-state index in [1.54, 1.807) is 16.9 Å². The van der Waals surface area contributed by atoms with Gasteiger partial charge in [-0.3, -0.25) is 0 Å². The third-order valence-electron chi connectivity index (χ3n) is 2.34. The van der Waals surface area contributed by atoms with Gasteiger partial charge < -0.3 is 9.84 Å². The Morgan fingerprint density at radius 1 is 1.33 bits per heavy atom. The molecule has 0 amide bonds. The molecule has 0 aliphatic rings. The second-order valence-electron chi connectivity index (χ2n) is 3.74. The Morgan fingerprint density at radius 2 is 2.17 bits per heavy atom. The van der Waals surface area contributed by atoms with E-state index in [1.807, 2.05) is 18.2 Å². The van der Waals surface area contributed by atoms with Crippen molar-refractivity contribution in [2.24, 2.45) is 0 Å². The number of benzene rings is 1. The minimum Gasteiger partial charge on any atom is -0.396 e. The fourth-order valence-electron chi connectivity index (χ4n) is 1.46. The largest absolute Gasteiger partial charge is 0.396 e. The fraction of sp³-hybridized carbons (Fsp3) is 0.333. The molecule has 18 heavy (non-hydrogen) atoms. The van der Waals surface area contributed by atoms with Crippen molar-refractivity contribution in [3.8, 4) is 5.69 Å². The van der Waals surface area contributed by atoms with Gasteiger partial charge in [-0.25, -0.2) is 4.68 Å². The number of halogens is 1. The summed E-state index contributed by atoms with van der Waals surface area (Å²) in [7, 11) is 0. The van der Waals surface area contributed by atoms with Gasteiger partial charge in [0.05, 0.1) is 23.5 Å². The molecule has 6 heteroatoms. The molecule has 1 heterocycles. The topological polar surface area (TPSA) is 60.2 Å². The quantitative estimate of drug-likeness (QED) is 0.811. The van der Waals surface area contributed by atoms with Crippen LogP contribution in [0, 0.1) is 0 Å². The zero-order chi connectivity index (χ0) is 12.8. The van der Waals surface area contributed by atoms with Crippen molar-refractivity contribution >= 4 is 11.6 Å². The van der Waals surface area contributed by atoms with Crippen molar-refractivity contribution in [3.63, 3.8) is 0 Å². The smallest absolute Gasteiger partial charge is 0.109 e. The third-order valence-corrected chi connectivity index (χ3v) is 2.66. The average Bonchev–Trinajstić information content (AvgIpc) is 2.84. The van der Waals surface area contributed by atoms with Crippen molar-refractivity contribution in [2.45, 2.75) is 13.0 Å². The van der Waals surface area contributed by atoms with E-state index in [0.717, 1.165) is 11.4 Å². The van der Waals surface area contributed by atoms with Crippen LogP contribution in [0.3, 0.4) is 0 Å². The van der Waals surface area contributed by atoms with Crippen LogP contribution < -0.4 is 0 Å². The number of aliphatic hydroxyl groups is 1. The molecule has 5 nitrogen and oxygen atoms in total. The second-order valence-corrected chi connectivity index (χ2v) is 4.14. The number of aliphatic hydroxyl groups excluding tert-OH is 1. The van der Waals surface area contributed by atoms with Crippen LogP contribution in [0.5, 0.6) is 0 Å². The molecule has 0 saturated heterocycles. The summed E-state index contributed by atoms with van der Waals surface area (Å²) in [4.78, 5) is 0. The number of ether oxygens (including phenoxy) is 1. The molecular formula is C12H14ClN3O2. The van der Waals surface area contributed by atoms with Gasteiger partial charge in [0.15, 0.2) is 0 Å². The SMILES string of the molecule is OCCCOCc1cn(-c2ccccc2Cl)nn1. The van der Waals surface area contributed by atoms with Gasteiger partial charge in [-0.2, -0.15) is 0 Å². The summed E-state index contributed by atoms with van der Waals surface area (Å²) < 4.78 is 6.95. The summed E-state index contributed by atoms with van der Waals surface area (Å²) in [6.07, 6.45) is 2.40. The van der Waals surface area contributed by atoms with E-state index >= 15 is 0 Å². The maximum Gasteiger partial charge on any atom is 0.109 e. The zero-order valence-corrected chi connectivity index (χ0v) is 10.5. The van der Waals surface area contributed by atoms with E-state index in [0.29, 0.717) is 24.7 Å². The van der Waals surface area contributed by atoms with Crippen LogP contribution in [0.4, 0.5) is 0 Å². The average molecular weight is 268 g/mol. The minimum atomic E-state index is 0.131. The molecule has 1 aromatic heterocycles. The molecule has 0 atom stereocenters. The Bertz CT molecular complexity index is 502. The molecule has 1 aromatic carbocycles. The normalized spacial score (nSPS) is 10.8. The van der Waals surface area contributed by atoms with Crippen LogP contribution in [0.1, 0.15) is 12.1 Å². The highest BCUT2D eigenvalue weighted by Crippen LogP contribution is 2.18. The lowest BCUT2D eigenvalue weighted by molar-refractivity contribution is 0.102. The molecule has 96 valence electrons. The third kappa shape index (κ3) is 3.29. The predicted molar refractivity (Wildman–Crippen MR) is 67.7 cm³/mol. The molecule has 0 radical (unpaired) electrons. The lowest BCUT2D eigenvalue weighted by Crippen LogP contribution is -1.98. The van der Waals surface area contributed by atoms with Crippen LogP contribution in [0.2, 0.25) is 5.02 Å². The van der Waals surface area contributed by atoms with Crippen molar-refractivity contribution in [1.29, 1.82) is 0 Å². The summed E-state index contributed by atoms with van der Waals surface area (Å²) in [5, 5.41) is 17.2. The Morgan fingerprint density at radius 3 is 2.94 bits per heavy atom. The first kappa shape index (κ1) is 13.0. The lowest BCUT2D eigenvalue weighted by atomic mass is 10.3. The van der Waals surface area contributed by atoms with Gasteiger partial charge in [-0.15, -0.1) is 5.10 Å². The molecule has 0 unspecified atom stereocenters. The number of rotatable bonds is 6. The van der Waals surface area contributed by atoms with Gasteiger partial charge in [-0.05, 0) is 18.6 Å². The van der Waals surface area contributed by atoms with Gasteiger partial charge in [0.25, 0.3) is 0 Å². The molecule has 1 N–H and O–H groups in total. The molecule has 0 aliphatic heterocycles. The monoisotopic (exact) mass is 267 g/mol. The Balaban J connectivity index is 2.00. The molecule has 0 spiro atoms. The standard InChI is InChI=1S/C12H14ClN3O2/c13-11-4-1-2-5-12(11)16-8-10(14-15-16)9-18-7-3-6-17/h1-2,4-5,8,17H,3,6-7,9H2. The Hall–Kier alpha value is -1.43. The molecule has 0 aliphatic carbocycles. The van der Waals surface area contributed by atoms with Crippen LogP contribution in [0.15, 0.2) is 30.5 Å². The highest BCUT2D eigenvalue weighted by atomic mass is 35.5. The zero-order valence-electron chi connectivity index (χ0n) is 9.79. The summed E-state index contributed by atoms with van der Waals surface area (Å²) in [6, 6.07) is 7.42. The first-order chi connectivity index (χ1) is 8.81. The molecule has 0 fully saturated rings. The van der Waals surface area contributed by atoms with E-state index in [-0.39, 0.29) is 6.61 Å². The maximum absolute atomic E-state index is 8.62. The van der Waals surface area contributed by atoms with E-state index in [2.05, 4.69) is 10.3 Å². The summed E-state index contributed by atoms with van der Waals surface area (Å²) in [6.45, 7) is 1.02. The van der Waals surface area contributed by atoms with E-state index < -0.39 is 0 Å². The highest BCUT2D eigenvalue weighted by Gasteiger charge is 2.05. The molecule has 2 aromatic rings. The van der Waals surface area contributed by atoms with E-state index in [9.17, 15) is 0 Å². The highest BCUT2D eigenvalue weighted by molar-refractivity contribution is 6.32. The summed E-state index contributed by atoms with van der Waals surface area (Å²) in [5.74, 6) is 0. The van der Waals surface area contributed by atoms with E-state index in [1.165, 1.54) is 0 Å². The van der Waals surface area contributed by atoms with Crippen LogP contribution in [-0.2, 0) is 11.3 Å². The van der Waals surface area contributed by atoms with Gasteiger partial charge in [-0.1, -0.05) is 28.9 Å². The number of para-hydroxylation sites is 1. The number of hydrogen-bond acceptors (Lipinski definition) is 4. The lowest BCUT2D eigenvalue weighted by Gasteiger charge is -2.01. The maximum atomic E-state index is 8.62. The predicted octanol–water partition coefficient (Wildman–Crippen LogP) is 1.82. The molecule has 0 saturated carbocycles. The van der Waals surface area contributed by atoms with Gasteiger partial charge in [0.2, 0.25) is 0 Å². The van der Waals surface area contributed by atoms with Gasteiger partial charge in [0, 0.05) is 13.2 Å². The minimum absolute atomic E-state index is 0.131. The first-order valence-corrected chi connectivity index (χ1v) is 6.04. The summed E-state index contributed by atoms with van der Waals surface area (Å²) in [5.41, 5.74) is 1.51. The van der Waals surface area contributed by atoms with Crippen LogP contribution >= 0.6 is 11.6 Å². The van der Waals surface area contributed by atoms with Crippen molar-refractivity contribution in [3.05, 3.63) is 41.2 Å². The number of aromatic nitrogens is 3. The fourth-order valence-corrected chi connectivity index (χ4v) is 1.69. The van der Waals surface area contributed by atoms with Gasteiger partial charge in [0.1, 0.15) is 5.69 Å². The van der Waals surface area contributed by atoms with Crippen molar-refractivity contribution < 1.29 is 9.84 Å². The van der Waals surface area contributed by atoms with Crippen molar-refractivity contribution in [2.75, 3.05) is 13.2 Å². The van der Waals surface area contributed by atoms with Gasteiger partial charge >= 0.3 is 0 Å². The summed E-state index contributed by atoms with van der Waals surface area (Å²) >= 11 is 6.07. The molecule has 0 bridgehead atoms. The Labute approximate surface area is 110 Å². The van der Waals surface area contributed by atoms with E-state index in [4.69, 9.17) is 21.4 Å². The molecular weight excluding hydrogens is 254 g/mol. The van der Waals surface area contributed by atoms with Crippen LogP contribution in [0.25, 0.3) is 5.69 Å². The Kier molecular flexibility index (Phi) is 4.69. The van der Waals surface area contributed by atoms with Crippen LogP contribution in [-0.4, -0.2) is 33.3 Å².